The molecule has 0 saturated heterocycles. The smallest absolute Gasteiger partial charge is 0.133 e. The van der Waals surface area contributed by atoms with Crippen molar-refractivity contribution in [2.45, 2.75) is 6.42 Å². The Balaban J connectivity index is 2.51. The Kier molecular flexibility index (Phi) is 5.80. The average Bonchev–Trinajstić information content (AvgIpc) is 2.27. The number of hydrogen-bond acceptors (Lipinski definition) is 3. The van der Waals surface area contributed by atoms with E-state index in [1.807, 2.05) is 6.07 Å². The third-order valence-electron chi connectivity index (χ3n) is 2.51. The van der Waals surface area contributed by atoms with Crippen LogP contribution in [0.1, 0.15) is 5.56 Å². The van der Waals surface area contributed by atoms with E-state index in [9.17, 15) is 0 Å². The predicted molar refractivity (Wildman–Crippen MR) is 70.9 cm³/mol. The molecule has 3 nitrogen and oxygen atoms in total. The maximum Gasteiger partial charge on any atom is 0.133 e. The van der Waals surface area contributed by atoms with Crippen LogP contribution >= 0.6 is 15.9 Å². The van der Waals surface area contributed by atoms with Crippen molar-refractivity contribution in [1.82, 2.24) is 4.90 Å². The van der Waals surface area contributed by atoms with Crippen LogP contribution in [0.5, 0.6) is 5.75 Å². The van der Waals surface area contributed by atoms with Gasteiger partial charge in [-0.2, -0.15) is 0 Å². The molecule has 0 amide bonds. The van der Waals surface area contributed by atoms with Gasteiger partial charge in [-0.05, 0) is 47.1 Å². The minimum absolute atomic E-state index is 0.711. The highest BCUT2D eigenvalue weighted by Crippen LogP contribution is 2.25. The van der Waals surface area contributed by atoms with Crippen molar-refractivity contribution < 1.29 is 4.74 Å². The molecule has 1 aromatic carbocycles. The van der Waals surface area contributed by atoms with Gasteiger partial charge in [0.15, 0.2) is 0 Å². The summed E-state index contributed by atoms with van der Waals surface area (Å²) in [4.78, 5) is 2.23. The van der Waals surface area contributed by atoms with E-state index in [2.05, 4.69) is 40.0 Å². The van der Waals surface area contributed by atoms with Crippen molar-refractivity contribution in [2.75, 3.05) is 33.8 Å². The van der Waals surface area contributed by atoms with Gasteiger partial charge >= 0.3 is 0 Å². The van der Waals surface area contributed by atoms with Gasteiger partial charge in [0.05, 0.1) is 11.6 Å². The van der Waals surface area contributed by atoms with E-state index in [0.717, 1.165) is 29.7 Å². The lowest BCUT2D eigenvalue weighted by Crippen LogP contribution is -2.27. The molecule has 0 unspecified atom stereocenters. The van der Waals surface area contributed by atoms with E-state index < -0.39 is 0 Å². The van der Waals surface area contributed by atoms with E-state index in [1.54, 1.807) is 7.11 Å². The molecule has 0 aliphatic heterocycles. The molecule has 0 aliphatic rings. The molecular weight excluding hydrogens is 268 g/mol. The highest BCUT2D eigenvalue weighted by molar-refractivity contribution is 9.10. The summed E-state index contributed by atoms with van der Waals surface area (Å²) in [6.07, 6.45) is 1.03. The van der Waals surface area contributed by atoms with Crippen molar-refractivity contribution in [3.05, 3.63) is 28.2 Å². The molecule has 2 N–H and O–H groups in total. The van der Waals surface area contributed by atoms with Gasteiger partial charge in [-0.1, -0.05) is 6.07 Å². The fraction of sp³-hybridized carbons (Fsp3) is 0.500. The van der Waals surface area contributed by atoms with Crippen LogP contribution in [-0.4, -0.2) is 38.7 Å². The van der Waals surface area contributed by atoms with Gasteiger partial charge in [0, 0.05) is 19.6 Å². The zero-order chi connectivity index (χ0) is 12.0. The molecule has 0 fully saturated rings. The Morgan fingerprint density at radius 1 is 1.38 bits per heavy atom. The quantitative estimate of drug-likeness (QED) is 0.868. The SMILES string of the molecule is COc1ccc(CCN(C)CCN)cc1Br. The Bertz CT molecular complexity index is 331. The Hall–Kier alpha value is -0.580. The summed E-state index contributed by atoms with van der Waals surface area (Å²) in [6.45, 7) is 2.68. The van der Waals surface area contributed by atoms with Crippen molar-refractivity contribution >= 4 is 15.9 Å². The standard InChI is InChI=1S/C12H19BrN2O/c1-15(8-6-14)7-5-10-3-4-12(16-2)11(13)9-10/h3-4,9H,5-8,14H2,1-2H3. The first kappa shape index (κ1) is 13.5. The van der Waals surface area contributed by atoms with Crippen LogP contribution in [0.25, 0.3) is 0 Å². The monoisotopic (exact) mass is 286 g/mol. The minimum Gasteiger partial charge on any atom is -0.496 e. The molecule has 90 valence electrons. The first-order valence-electron chi connectivity index (χ1n) is 5.38. The van der Waals surface area contributed by atoms with Gasteiger partial charge in [0.2, 0.25) is 0 Å². The molecule has 0 spiro atoms. The first-order valence-corrected chi connectivity index (χ1v) is 6.17. The van der Waals surface area contributed by atoms with Crippen LogP contribution in [0.2, 0.25) is 0 Å². The number of methoxy groups -OCH3 is 1. The molecule has 1 rings (SSSR count). The van der Waals surface area contributed by atoms with Gasteiger partial charge in [-0.25, -0.2) is 0 Å². The molecule has 0 aliphatic carbocycles. The summed E-state index contributed by atoms with van der Waals surface area (Å²) < 4.78 is 6.20. The summed E-state index contributed by atoms with van der Waals surface area (Å²) in [5.41, 5.74) is 6.80. The Morgan fingerprint density at radius 3 is 2.69 bits per heavy atom. The summed E-state index contributed by atoms with van der Waals surface area (Å²) in [5.74, 6) is 0.874. The maximum atomic E-state index is 5.49. The number of rotatable bonds is 6. The number of nitrogens with two attached hydrogens (primary N) is 1. The van der Waals surface area contributed by atoms with Gasteiger partial charge in [0.1, 0.15) is 5.75 Å². The van der Waals surface area contributed by atoms with E-state index in [4.69, 9.17) is 10.5 Å². The van der Waals surface area contributed by atoms with Crippen molar-refractivity contribution in [3.63, 3.8) is 0 Å². The molecular formula is C12H19BrN2O. The van der Waals surface area contributed by atoms with E-state index in [1.165, 1.54) is 5.56 Å². The zero-order valence-electron chi connectivity index (χ0n) is 9.87. The van der Waals surface area contributed by atoms with Gasteiger partial charge in [-0.15, -0.1) is 0 Å². The van der Waals surface area contributed by atoms with Gasteiger partial charge < -0.3 is 15.4 Å². The summed E-state index contributed by atoms with van der Waals surface area (Å²) >= 11 is 3.49. The number of ether oxygens (including phenoxy) is 1. The fourth-order valence-electron chi connectivity index (χ4n) is 1.52. The van der Waals surface area contributed by atoms with E-state index >= 15 is 0 Å². The molecule has 1 aromatic rings. The average molecular weight is 287 g/mol. The molecule has 0 saturated carbocycles. The second kappa shape index (κ2) is 6.89. The van der Waals surface area contributed by atoms with E-state index in [-0.39, 0.29) is 0 Å². The topological polar surface area (TPSA) is 38.5 Å². The van der Waals surface area contributed by atoms with Crippen LogP contribution < -0.4 is 10.5 Å². The molecule has 0 aromatic heterocycles. The molecule has 0 heterocycles. The first-order chi connectivity index (χ1) is 7.67. The normalized spacial score (nSPS) is 10.8. The third kappa shape index (κ3) is 4.12. The largest absolute Gasteiger partial charge is 0.496 e. The second-order valence-corrected chi connectivity index (χ2v) is 4.67. The predicted octanol–water partition coefficient (Wildman–Crippen LogP) is 1.89. The van der Waals surface area contributed by atoms with Gasteiger partial charge in [0.25, 0.3) is 0 Å². The lowest BCUT2D eigenvalue weighted by atomic mass is 10.1. The van der Waals surface area contributed by atoms with Crippen molar-refractivity contribution in [1.29, 1.82) is 0 Å². The van der Waals surface area contributed by atoms with Gasteiger partial charge in [-0.3, -0.25) is 0 Å². The molecule has 0 radical (unpaired) electrons. The van der Waals surface area contributed by atoms with Crippen LogP contribution in [0.15, 0.2) is 22.7 Å². The molecule has 0 atom stereocenters. The van der Waals surface area contributed by atoms with Crippen LogP contribution in [0.3, 0.4) is 0 Å². The van der Waals surface area contributed by atoms with Crippen LogP contribution in [0.4, 0.5) is 0 Å². The summed E-state index contributed by atoms with van der Waals surface area (Å²) in [5, 5.41) is 0. The number of hydrogen-bond donors (Lipinski definition) is 1. The second-order valence-electron chi connectivity index (χ2n) is 3.81. The Morgan fingerprint density at radius 2 is 2.12 bits per heavy atom. The fourth-order valence-corrected chi connectivity index (χ4v) is 2.11. The number of halogens is 1. The third-order valence-corrected chi connectivity index (χ3v) is 3.13. The maximum absolute atomic E-state index is 5.49. The van der Waals surface area contributed by atoms with Crippen molar-refractivity contribution in [2.24, 2.45) is 5.73 Å². The van der Waals surface area contributed by atoms with E-state index in [0.29, 0.717) is 6.54 Å². The highest BCUT2D eigenvalue weighted by Gasteiger charge is 2.02. The summed E-state index contributed by atoms with van der Waals surface area (Å²) in [7, 11) is 3.76. The summed E-state index contributed by atoms with van der Waals surface area (Å²) in [6, 6.07) is 6.19. The highest BCUT2D eigenvalue weighted by atomic mass is 79.9. The number of likely N-dealkylation sites (N-methyl/N-ethyl adjacent to an activating group) is 1. The lowest BCUT2D eigenvalue weighted by Gasteiger charge is -2.15. The van der Waals surface area contributed by atoms with Crippen molar-refractivity contribution in [3.8, 4) is 5.75 Å². The van der Waals surface area contributed by atoms with Crippen LogP contribution in [0, 0.1) is 0 Å². The minimum atomic E-state index is 0.711. The molecule has 0 bridgehead atoms. The number of nitrogens with zero attached hydrogens (tertiary/aromatic N) is 1. The molecule has 4 heteroatoms. The Labute approximate surface area is 106 Å². The lowest BCUT2D eigenvalue weighted by molar-refractivity contribution is 0.348. The zero-order valence-corrected chi connectivity index (χ0v) is 11.5. The van der Waals surface area contributed by atoms with Crippen LogP contribution in [-0.2, 0) is 6.42 Å². The number of benzene rings is 1. The molecule has 16 heavy (non-hydrogen) atoms.